The molecule has 1 unspecified atom stereocenters. The Balaban J connectivity index is 1.58. The minimum Gasteiger partial charge on any atom is -0.374 e. The van der Waals surface area contributed by atoms with Gasteiger partial charge in [0.2, 0.25) is 0 Å². The largest absolute Gasteiger partial charge is 0.374 e. The second-order valence-corrected chi connectivity index (χ2v) is 5.60. The number of morpholine rings is 1. The minimum absolute atomic E-state index is 0.197. The van der Waals surface area contributed by atoms with Crippen molar-refractivity contribution in [3.8, 4) is 0 Å². The average molecular weight is 289 g/mol. The van der Waals surface area contributed by atoms with Gasteiger partial charge in [0.05, 0.1) is 32.0 Å². The maximum Gasteiger partial charge on any atom is 0.122 e. The molecule has 3 rings (SSSR count). The van der Waals surface area contributed by atoms with Crippen LogP contribution in [0.2, 0.25) is 0 Å². The summed E-state index contributed by atoms with van der Waals surface area (Å²) >= 11 is 0. The van der Waals surface area contributed by atoms with E-state index in [9.17, 15) is 0 Å². The maximum absolute atomic E-state index is 5.87. The lowest BCUT2D eigenvalue weighted by Gasteiger charge is -2.32. The summed E-state index contributed by atoms with van der Waals surface area (Å²) in [6, 6.07) is 0. The van der Waals surface area contributed by atoms with E-state index < -0.39 is 0 Å². The number of nitrogens with zero attached hydrogens (tertiary/aromatic N) is 5. The Bertz CT molecular complexity index is 576. The Hall–Kier alpha value is -1.66. The van der Waals surface area contributed by atoms with Gasteiger partial charge in [0.15, 0.2) is 0 Å². The van der Waals surface area contributed by atoms with E-state index >= 15 is 0 Å². The Morgan fingerprint density at radius 1 is 1.43 bits per heavy atom. The van der Waals surface area contributed by atoms with Crippen molar-refractivity contribution in [3.63, 3.8) is 0 Å². The normalized spacial score (nSPS) is 20.0. The van der Waals surface area contributed by atoms with Crippen molar-refractivity contribution in [2.75, 3.05) is 19.7 Å². The van der Waals surface area contributed by atoms with Crippen LogP contribution >= 0.6 is 0 Å². The molecule has 6 nitrogen and oxygen atoms in total. The monoisotopic (exact) mass is 289 g/mol. The van der Waals surface area contributed by atoms with Gasteiger partial charge in [-0.3, -0.25) is 9.58 Å². The van der Waals surface area contributed by atoms with Gasteiger partial charge in [-0.2, -0.15) is 5.10 Å². The van der Waals surface area contributed by atoms with E-state index in [4.69, 9.17) is 4.74 Å². The predicted molar refractivity (Wildman–Crippen MR) is 79.9 cm³/mol. The van der Waals surface area contributed by atoms with Crippen LogP contribution in [0.3, 0.4) is 0 Å². The van der Waals surface area contributed by atoms with E-state index in [1.807, 2.05) is 23.3 Å². The smallest absolute Gasteiger partial charge is 0.122 e. The van der Waals surface area contributed by atoms with Crippen LogP contribution in [-0.4, -0.2) is 50.0 Å². The number of aryl methyl sites for hydroxylation is 2. The summed E-state index contributed by atoms with van der Waals surface area (Å²) in [4.78, 5) is 6.87. The van der Waals surface area contributed by atoms with Crippen molar-refractivity contribution < 1.29 is 4.74 Å². The molecule has 0 aliphatic carbocycles. The fraction of sp³-hybridized carbons (Fsp3) is 0.600. The molecule has 1 aliphatic rings. The van der Waals surface area contributed by atoms with Crippen molar-refractivity contribution in [1.29, 1.82) is 0 Å². The molecule has 2 aromatic rings. The summed E-state index contributed by atoms with van der Waals surface area (Å²) in [6.45, 7) is 9.54. The Morgan fingerprint density at radius 2 is 2.33 bits per heavy atom. The second kappa shape index (κ2) is 6.41. The van der Waals surface area contributed by atoms with Crippen LogP contribution in [0.5, 0.6) is 0 Å². The van der Waals surface area contributed by atoms with Gasteiger partial charge in [0.25, 0.3) is 0 Å². The summed E-state index contributed by atoms with van der Waals surface area (Å²) in [5, 5.41) is 4.34. The molecule has 21 heavy (non-hydrogen) atoms. The van der Waals surface area contributed by atoms with Crippen LogP contribution in [0.4, 0.5) is 0 Å². The Morgan fingerprint density at radius 3 is 3.10 bits per heavy atom. The first-order valence-electron chi connectivity index (χ1n) is 7.57. The van der Waals surface area contributed by atoms with E-state index in [2.05, 4.69) is 39.6 Å². The zero-order chi connectivity index (χ0) is 14.7. The fourth-order valence-electron chi connectivity index (χ4n) is 2.79. The van der Waals surface area contributed by atoms with E-state index in [1.165, 1.54) is 5.56 Å². The van der Waals surface area contributed by atoms with Crippen LogP contribution in [0.25, 0.3) is 0 Å². The van der Waals surface area contributed by atoms with Crippen LogP contribution < -0.4 is 0 Å². The molecule has 6 heteroatoms. The number of ether oxygens (including phenoxy) is 1. The van der Waals surface area contributed by atoms with Crippen molar-refractivity contribution in [2.45, 2.75) is 39.6 Å². The average Bonchev–Trinajstić information content (AvgIpc) is 3.08. The zero-order valence-corrected chi connectivity index (χ0v) is 12.8. The lowest BCUT2D eigenvalue weighted by atomic mass is 10.2. The zero-order valence-electron chi connectivity index (χ0n) is 12.8. The number of hydrogen-bond acceptors (Lipinski definition) is 4. The van der Waals surface area contributed by atoms with Crippen LogP contribution in [0, 0.1) is 6.92 Å². The van der Waals surface area contributed by atoms with E-state index in [0.717, 1.165) is 45.2 Å². The van der Waals surface area contributed by atoms with Crippen molar-refractivity contribution in [3.05, 3.63) is 36.2 Å². The second-order valence-electron chi connectivity index (χ2n) is 5.60. The molecule has 114 valence electrons. The molecule has 0 amide bonds. The summed E-state index contributed by atoms with van der Waals surface area (Å²) in [6.07, 6.45) is 8.07. The van der Waals surface area contributed by atoms with Gasteiger partial charge in [-0.1, -0.05) is 0 Å². The standard InChI is InChI=1S/C15H23N5O/c1-3-19-5-4-16-15(19)12-18-6-7-21-14(10-18)11-20-9-13(2)8-17-20/h4-5,8-9,14H,3,6-7,10-12H2,1-2H3. The summed E-state index contributed by atoms with van der Waals surface area (Å²) in [5.74, 6) is 1.13. The highest BCUT2D eigenvalue weighted by Gasteiger charge is 2.22. The summed E-state index contributed by atoms with van der Waals surface area (Å²) in [5.41, 5.74) is 1.19. The molecular weight excluding hydrogens is 266 g/mol. The third kappa shape index (κ3) is 3.51. The van der Waals surface area contributed by atoms with Crippen molar-refractivity contribution in [2.24, 2.45) is 0 Å². The SMILES string of the molecule is CCn1ccnc1CN1CCOC(Cn2cc(C)cn2)C1. The van der Waals surface area contributed by atoms with Gasteiger partial charge in [-0.15, -0.1) is 0 Å². The van der Waals surface area contributed by atoms with Crippen LogP contribution in [0.1, 0.15) is 18.3 Å². The van der Waals surface area contributed by atoms with Crippen LogP contribution in [-0.2, 0) is 24.4 Å². The van der Waals surface area contributed by atoms with Crippen molar-refractivity contribution >= 4 is 0 Å². The highest BCUT2D eigenvalue weighted by molar-refractivity contribution is 4.99. The molecule has 0 radical (unpaired) electrons. The molecule has 1 aliphatic heterocycles. The highest BCUT2D eigenvalue weighted by Crippen LogP contribution is 2.11. The lowest BCUT2D eigenvalue weighted by molar-refractivity contribution is -0.0411. The van der Waals surface area contributed by atoms with Gasteiger partial charge < -0.3 is 9.30 Å². The predicted octanol–water partition coefficient (Wildman–Crippen LogP) is 1.31. The molecule has 1 atom stereocenters. The number of hydrogen-bond donors (Lipinski definition) is 0. The first-order valence-corrected chi connectivity index (χ1v) is 7.57. The Labute approximate surface area is 125 Å². The van der Waals surface area contributed by atoms with Crippen LogP contribution in [0.15, 0.2) is 24.8 Å². The van der Waals surface area contributed by atoms with Gasteiger partial charge in [0.1, 0.15) is 5.82 Å². The third-order valence-corrected chi connectivity index (χ3v) is 3.88. The van der Waals surface area contributed by atoms with E-state index in [0.29, 0.717) is 0 Å². The molecule has 0 N–H and O–H groups in total. The number of aromatic nitrogens is 4. The first kappa shape index (κ1) is 14.3. The third-order valence-electron chi connectivity index (χ3n) is 3.88. The Kier molecular flexibility index (Phi) is 4.36. The quantitative estimate of drug-likeness (QED) is 0.832. The van der Waals surface area contributed by atoms with Gasteiger partial charge in [-0.25, -0.2) is 4.98 Å². The van der Waals surface area contributed by atoms with Crippen molar-refractivity contribution in [1.82, 2.24) is 24.2 Å². The molecule has 1 fully saturated rings. The number of rotatable bonds is 5. The lowest BCUT2D eigenvalue weighted by Crippen LogP contribution is -2.44. The molecule has 0 bridgehead atoms. The van der Waals surface area contributed by atoms with Gasteiger partial charge in [0, 0.05) is 38.2 Å². The number of imidazole rings is 1. The molecule has 3 heterocycles. The molecule has 1 saturated heterocycles. The summed E-state index contributed by atoms with van der Waals surface area (Å²) < 4.78 is 10.0. The van der Waals surface area contributed by atoms with Gasteiger partial charge >= 0.3 is 0 Å². The minimum atomic E-state index is 0.197. The summed E-state index contributed by atoms with van der Waals surface area (Å²) in [7, 11) is 0. The molecule has 0 spiro atoms. The molecule has 2 aromatic heterocycles. The maximum atomic E-state index is 5.87. The van der Waals surface area contributed by atoms with E-state index in [1.54, 1.807) is 0 Å². The molecular formula is C15H23N5O. The first-order chi connectivity index (χ1) is 10.2. The van der Waals surface area contributed by atoms with E-state index in [-0.39, 0.29) is 6.10 Å². The highest BCUT2D eigenvalue weighted by atomic mass is 16.5. The topological polar surface area (TPSA) is 48.1 Å². The molecule has 0 aromatic carbocycles. The fourth-order valence-corrected chi connectivity index (χ4v) is 2.79. The van der Waals surface area contributed by atoms with Gasteiger partial charge in [-0.05, 0) is 19.4 Å². The molecule has 0 saturated carbocycles.